The molecule has 2 rings (SSSR count). The Labute approximate surface area is 133 Å². The van der Waals surface area contributed by atoms with Gasteiger partial charge in [-0.3, -0.25) is 4.79 Å². The summed E-state index contributed by atoms with van der Waals surface area (Å²) in [5.74, 6) is -0.292. The van der Waals surface area contributed by atoms with Gasteiger partial charge < -0.3 is 0 Å². The first kappa shape index (κ1) is 14.9. The Morgan fingerprint density at radius 1 is 1.10 bits per heavy atom. The molecule has 0 aliphatic carbocycles. The summed E-state index contributed by atoms with van der Waals surface area (Å²) in [6.45, 7) is 0. The van der Waals surface area contributed by atoms with E-state index in [1.807, 2.05) is 0 Å². The van der Waals surface area contributed by atoms with E-state index in [1.54, 1.807) is 18.2 Å². The van der Waals surface area contributed by atoms with Gasteiger partial charge in [-0.15, -0.1) is 0 Å². The van der Waals surface area contributed by atoms with Crippen LogP contribution < -0.4 is 0 Å². The Morgan fingerprint density at radius 2 is 1.70 bits per heavy atom. The molecule has 2 aromatic carbocycles. The van der Waals surface area contributed by atoms with E-state index in [-0.39, 0.29) is 10.8 Å². The minimum atomic E-state index is -0.292. The van der Waals surface area contributed by atoms with E-state index in [0.717, 1.165) is 4.47 Å². The standard InChI is InChI=1S/C13H6BrCl2N3O/c14-7-1-3-9(11(15)5-7)13(20)10-4-2-8(18-19-17)6-12(10)16/h1-6H. The fraction of sp³-hybridized carbons (Fsp3) is 0. The largest absolute Gasteiger partial charge is 0.288 e. The van der Waals surface area contributed by atoms with Crippen molar-refractivity contribution in [2.75, 3.05) is 0 Å². The second-order valence-corrected chi connectivity index (χ2v) is 5.54. The number of hydrogen-bond acceptors (Lipinski definition) is 2. The molecule has 0 radical (unpaired) electrons. The van der Waals surface area contributed by atoms with Crippen molar-refractivity contribution < 1.29 is 4.79 Å². The molecule has 0 aromatic heterocycles. The minimum absolute atomic E-state index is 0.207. The SMILES string of the molecule is [N-]=[N+]=Nc1ccc(C(=O)c2ccc(Br)cc2Cl)c(Cl)c1. The second kappa shape index (κ2) is 6.29. The summed E-state index contributed by atoms with van der Waals surface area (Å²) in [6, 6.07) is 9.44. The molecule has 0 bridgehead atoms. The summed E-state index contributed by atoms with van der Waals surface area (Å²) >= 11 is 15.4. The summed E-state index contributed by atoms with van der Waals surface area (Å²) in [7, 11) is 0. The molecule has 20 heavy (non-hydrogen) atoms. The zero-order chi connectivity index (χ0) is 14.7. The molecular weight excluding hydrogens is 365 g/mol. The van der Waals surface area contributed by atoms with Crippen molar-refractivity contribution in [1.29, 1.82) is 0 Å². The number of nitrogens with zero attached hydrogens (tertiary/aromatic N) is 3. The normalized spacial score (nSPS) is 9.95. The van der Waals surface area contributed by atoms with Crippen LogP contribution in [0.1, 0.15) is 15.9 Å². The summed E-state index contributed by atoms with van der Waals surface area (Å²) in [4.78, 5) is 15.0. The maximum absolute atomic E-state index is 12.4. The van der Waals surface area contributed by atoms with E-state index in [0.29, 0.717) is 21.8 Å². The molecule has 2 aromatic rings. The molecule has 0 aliphatic rings. The lowest BCUT2D eigenvalue weighted by Gasteiger charge is -2.06. The Morgan fingerprint density at radius 3 is 2.25 bits per heavy atom. The number of azide groups is 1. The van der Waals surface area contributed by atoms with Gasteiger partial charge in [-0.1, -0.05) is 50.3 Å². The molecule has 7 heteroatoms. The lowest BCUT2D eigenvalue weighted by Crippen LogP contribution is -2.02. The van der Waals surface area contributed by atoms with Crippen LogP contribution in [0.25, 0.3) is 10.4 Å². The van der Waals surface area contributed by atoms with E-state index in [4.69, 9.17) is 28.7 Å². The van der Waals surface area contributed by atoms with E-state index >= 15 is 0 Å². The maximum atomic E-state index is 12.4. The highest BCUT2D eigenvalue weighted by Gasteiger charge is 2.16. The minimum Gasteiger partial charge on any atom is -0.288 e. The highest BCUT2D eigenvalue weighted by molar-refractivity contribution is 9.10. The van der Waals surface area contributed by atoms with Gasteiger partial charge in [0.05, 0.1) is 10.0 Å². The average molecular weight is 371 g/mol. The lowest BCUT2D eigenvalue weighted by atomic mass is 10.0. The first-order valence-corrected chi connectivity index (χ1v) is 6.92. The molecule has 0 saturated heterocycles. The molecule has 0 fully saturated rings. The number of carbonyl (C=O) groups excluding carboxylic acids is 1. The topological polar surface area (TPSA) is 65.8 Å². The van der Waals surface area contributed by atoms with Crippen molar-refractivity contribution in [3.63, 3.8) is 0 Å². The Balaban J connectivity index is 2.45. The summed E-state index contributed by atoms with van der Waals surface area (Å²) in [5, 5.41) is 3.96. The average Bonchev–Trinajstić information content (AvgIpc) is 2.38. The van der Waals surface area contributed by atoms with Crippen molar-refractivity contribution in [1.82, 2.24) is 0 Å². The molecule has 0 N–H and O–H groups in total. The van der Waals surface area contributed by atoms with Crippen molar-refractivity contribution in [3.05, 3.63) is 72.5 Å². The molecule has 0 spiro atoms. The molecule has 0 heterocycles. The van der Waals surface area contributed by atoms with Crippen LogP contribution in [0.3, 0.4) is 0 Å². The monoisotopic (exact) mass is 369 g/mol. The van der Waals surface area contributed by atoms with Gasteiger partial charge in [-0.05, 0) is 35.9 Å². The van der Waals surface area contributed by atoms with Crippen molar-refractivity contribution in [2.24, 2.45) is 5.11 Å². The second-order valence-electron chi connectivity index (χ2n) is 3.81. The highest BCUT2D eigenvalue weighted by atomic mass is 79.9. The predicted octanol–water partition coefficient (Wildman–Crippen LogP) is 5.93. The molecule has 0 saturated carbocycles. The van der Waals surface area contributed by atoms with E-state index in [2.05, 4.69) is 26.0 Å². The first-order chi connectivity index (χ1) is 9.52. The zero-order valence-electron chi connectivity index (χ0n) is 9.85. The Bertz CT molecular complexity index is 742. The first-order valence-electron chi connectivity index (χ1n) is 5.37. The Hall–Kier alpha value is -1.52. The van der Waals surface area contributed by atoms with Crippen LogP contribution in [0.2, 0.25) is 10.0 Å². The third-order valence-corrected chi connectivity index (χ3v) is 3.65. The van der Waals surface area contributed by atoms with Crippen LogP contribution in [0.4, 0.5) is 5.69 Å². The van der Waals surface area contributed by atoms with Crippen LogP contribution in [-0.2, 0) is 0 Å². The van der Waals surface area contributed by atoms with Gasteiger partial charge in [0, 0.05) is 26.2 Å². The smallest absolute Gasteiger partial charge is 0.196 e. The molecule has 0 aliphatic heterocycles. The van der Waals surface area contributed by atoms with E-state index in [9.17, 15) is 4.79 Å². The van der Waals surface area contributed by atoms with Gasteiger partial charge in [0.2, 0.25) is 0 Å². The molecular formula is C13H6BrCl2N3O. The summed E-state index contributed by atoms with van der Waals surface area (Å²) in [5.41, 5.74) is 9.35. The van der Waals surface area contributed by atoms with Crippen LogP contribution in [0.5, 0.6) is 0 Å². The van der Waals surface area contributed by atoms with Gasteiger partial charge in [0.25, 0.3) is 0 Å². The van der Waals surface area contributed by atoms with E-state index in [1.165, 1.54) is 18.2 Å². The fourth-order valence-electron chi connectivity index (χ4n) is 1.62. The molecule has 0 atom stereocenters. The van der Waals surface area contributed by atoms with Crippen LogP contribution in [0, 0.1) is 0 Å². The number of hydrogen-bond donors (Lipinski definition) is 0. The summed E-state index contributed by atoms with van der Waals surface area (Å²) in [6.07, 6.45) is 0. The van der Waals surface area contributed by atoms with Crippen molar-refractivity contribution >= 4 is 50.6 Å². The van der Waals surface area contributed by atoms with Crippen LogP contribution in [0.15, 0.2) is 46.0 Å². The third-order valence-electron chi connectivity index (χ3n) is 2.53. The van der Waals surface area contributed by atoms with Gasteiger partial charge >= 0.3 is 0 Å². The predicted molar refractivity (Wildman–Crippen MR) is 82.8 cm³/mol. The maximum Gasteiger partial charge on any atom is 0.196 e. The number of benzene rings is 2. The van der Waals surface area contributed by atoms with Crippen molar-refractivity contribution in [2.45, 2.75) is 0 Å². The zero-order valence-corrected chi connectivity index (χ0v) is 12.9. The van der Waals surface area contributed by atoms with Gasteiger partial charge in [-0.25, -0.2) is 0 Å². The quantitative estimate of drug-likeness (QED) is 0.286. The highest BCUT2D eigenvalue weighted by Crippen LogP contribution is 2.28. The van der Waals surface area contributed by atoms with Crippen molar-refractivity contribution in [3.8, 4) is 0 Å². The van der Waals surface area contributed by atoms with E-state index < -0.39 is 0 Å². The third kappa shape index (κ3) is 3.14. The molecule has 4 nitrogen and oxygen atoms in total. The van der Waals surface area contributed by atoms with Gasteiger partial charge in [0.15, 0.2) is 5.78 Å². The number of carbonyl (C=O) groups is 1. The van der Waals surface area contributed by atoms with Gasteiger partial charge in [0.1, 0.15) is 0 Å². The number of halogens is 3. The molecule has 0 unspecified atom stereocenters. The summed E-state index contributed by atoms with van der Waals surface area (Å²) < 4.78 is 0.781. The fourth-order valence-corrected chi connectivity index (χ4v) is 2.64. The van der Waals surface area contributed by atoms with Gasteiger partial charge in [-0.2, -0.15) is 0 Å². The Kier molecular flexibility index (Phi) is 4.68. The number of ketones is 1. The lowest BCUT2D eigenvalue weighted by molar-refractivity contribution is 0.103. The van der Waals surface area contributed by atoms with Crippen LogP contribution in [-0.4, -0.2) is 5.78 Å². The molecule has 100 valence electrons. The van der Waals surface area contributed by atoms with Crippen LogP contribution >= 0.6 is 39.1 Å². The molecule has 0 amide bonds. The number of rotatable bonds is 3.